The van der Waals surface area contributed by atoms with E-state index in [4.69, 9.17) is 9.15 Å². The zero-order valence-electron chi connectivity index (χ0n) is 18.5. The number of rotatable bonds is 7. The summed E-state index contributed by atoms with van der Waals surface area (Å²) in [5.74, 6) is -1.73. The summed E-state index contributed by atoms with van der Waals surface area (Å²) >= 11 is 0. The molecule has 11 heteroatoms. The molecule has 0 spiro atoms. The van der Waals surface area contributed by atoms with Crippen LogP contribution in [0, 0.1) is 10.1 Å². The fraction of sp³-hybridized carbons (Fsp3) is 0.167. The molecule has 3 amide bonds. The van der Waals surface area contributed by atoms with Gasteiger partial charge in [0.25, 0.3) is 17.5 Å². The number of carbonyl (C=O) groups excluding carboxylic acids is 4. The van der Waals surface area contributed by atoms with Crippen LogP contribution in [0.5, 0.6) is 5.75 Å². The van der Waals surface area contributed by atoms with Crippen LogP contribution < -0.4 is 9.64 Å². The number of ether oxygens (including phenoxy) is 1. The van der Waals surface area contributed by atoms with E-state index in [1.165, 1.54) is 60.6 Å². The maximum Gasteiger partial charge on any atom is 0.308 e. The van der Waals surface area contributed by atoms with Crippen molar-refractivity contribution in [1.82, 2.24) is 4.90 Å². The number of imide groups is 1. The number of nitrogens with zero attached hydrogens (tertiary/aromatic N) is 3. The van der Waals surface area contributed by atoms with Gasteiger partial charge in [-0.15, -0.1) is 0 Å². The molecule has 2 aromatic carbocycles. The van der Waals surface area contributed by atoms with Crippen LogP contribution in [0.1, 0.15) is 29.5 Å². The molecular formula is C24H19N3O8. The molecule has 35 heavy (non-hydrogen) atoms. The molecule has 1 unspecified atom stereocenters. The molecule has 4 rings (SSSR count). The predicted octanol–water partition coefficient (Wildman–Crippen LogP) is 3.09. The van der Waals surface area contributed by atoms with Gasteiger partial charge in [-0.3, -0.25) is 29.3 Å². The highest BCUT2D eigenvalue weighted by Gasteiger charge is 2.45. The SMILES string of the molecule is CC(=O)Oc1ccc(N2C(=O)CC(N(Cc3ccco3)C(=O)c3cccc([N+](=O)[O-])c3)C2=O)cc1. The predicted molar refractivity (Wildman–Crippen MR) is 120 cm³/mol. The summed E-state index contributed by atoms with van der Waals surface area (Å²) in [6, 6.07) is 13.0. The van der Waals surface area contributed by atoms with Crippen LogP contribution in [0.3, 0.4) is 0 Å². The maximum absolute atomic E-state index is 13.4. The van der Waals surface area contributed by atoms with E-state index in [-0.39, 0.29) is 35.7 Å². The fourth-order valence-corrected chi connectivity index (χ4v) is 3.77. The number of furan rings is 1. The molecule has 1 aliphatic rings. The lowest BCUT2D eigenvalue weighted by Gasteiger charge is -2.27. The summed E-state index contributed by atoms with van der Waals surface area (Å²) in [5.41, 5.74) is -0.0357. The minimum absolute atomic E-state index is 0.00445. The van der Waals surface area contributed by atoms with Crippen molar-refractivity contribution in [2.24, 2.45) is 0 Å². The molecule has 2 heterocycles. The first-order chi connectivity index (χ1) is 16.7. The summed E-state index contributed by atoms with van der Waals surface area (Å²) < 4.78 is 10.3. The van der Waals surface area contributed by atoms with E-state index in [0.29, 0.717) is 5.76 Å². The second-order valence-corrected chi connectivity index (χ2v) is 7.69. The molecule has 1 fully saturated rings. The van der Waals surface area contributed by atoms with Gasteiger partial charge in [0.15, 0.2) is 0 Å². The quantitative estimate of drug-likeness (QED) is 0.166. The number of esters is 1. The Morgan fingerprint density at radius 1 is 1.14 bits per heavy atom. The third-order valence-electron chi connectivity index (χ3n) is 5.33. The summed E-state index contributed by atoms with van der Waals surface area (Å²) in [6.07, 6.45) is 1.12. The number of anilines is 1. The van der Waals surface area contributed by atoms with Crippen molar-refractivity contribution < 1.29 is 33.3 Å². The molecule has 0 bridgehead atoms. The Morgan fingerprint density at radius 3 is 2.51 bits per heavy atom. The van der Waals surface area contributed by atoms with Gasteiger partial charge in [0.1, 0.15) is 17.6 Å². The molecule has 178 valence electrons. The Kier molecular flexibility index (Phi) is 6.40. The number of carbonyl (C=O) groups is 4. The first-order valence-corrected chi connectivity index (χ1v) is 10.5. The zero-order valence-corrected chi connectivity index (χ0v) is 18.5. The summed E-state index contributed by atoms with van der Waals surface area (Å²) in [7, 11) is 0. The Morgan fingerprint density at radius 2 is 1.89 bits per heavy atom. The van der Waals surface area contributed by atoms with Gasteiger partial charge < -0.3 is 14.1 Å². The summed E-state index contributed by atoms with van der Waals surface area (Å²) in [6.45, 7) is 1.12. The largest absolute Gasteiger partial charge is 0.467 e. The van der Waals surface area contributed by atoms with Crippen molar-refractivity contribution in [3.63, 3.8) is 0 Å². The van der Waals surface area contributed by atoms with Gasteiger partial charge in [0.05, 0.1) is 29.8 Å². The van der Waals surface area contributed by atoms with Crippen LogP contribution in [0.25, 0.3) is 0 Å². The number of nitro groups is 1. The average Bonchev–Trinajstić information content (AvgIpc) is 3.45. The van der Waals surface area contributed by atoms with E-state index in [1.54, 1.807) is 12.1 Å². The molecule has 0 aliphatic carbocycles. The molecule has 0 radical (unpaired) electrons. The van der Waals surface area contributed by atoms with Gasteiger partial charge in [-0.25, -0.2) is 4.90 Å². The number of hydrogen-bond acceptors (Lipinski definition) is 8. The van der Waals surface area contributed by atoms with E-state index in [9.17, 15) is 29.3 Å². The molecule has 0 saturated carbocycles. The molecule has 1 saturated heterocycles. The molecule has 1 atom stereocenters. The minimum Gasteiger partial charge on any atom is -0.467 e. The molecular weight excluding hydrogens is 458 g/mol. The minimum atomic E-state index is -1.16. The first-order valence-electron chi connectivity index (χ1n) is 10.5. The highest BCUT2D eigenvalue weighted by atomic mass is 16.6. The summed E-state index contributed by atoms with van der Waals surface area (Å²) in [4.78, 5) is 63.4. The van der Waals surface area contributed by atoms with Crippen molar-refractivity contribution in [2.45, 2.75) is 25.9 Å². The van der Waals surface area contributed by atoms with E-state index in [2.05, 4.69) is 0 Å². The molecule has 1 aliphatic heterocycles. The normalized spacial score (nSPS) is 15.2. The standard InChI is InChI=1S/C24H19N3O8/c1-15(28)35-19-9-7-17(8-10-19)26-22(29)13-21(24(26)31)25(14-20-6-3-11-34-20)23(30)16-4-2-5-18(12-16)27(32)33/h2-12,21H,13-14H2,1H3. The second-order valence-electron chi connectivity index (χ2n) is 7.69. The Bertz CT molecular complexity index is 1300. The van der Waals surface area contributed by atoms with E-state index < -0.39 is 34.7 Å². The second kappa shape index (κ2) is 9.59. The van der Waals surface area contributed by atoms with Crippen LogP contribution in [0.2, 0.25) is 0 Å². The van der Waals surface area contributed by atoms with Crippen LogP contribution in [0.15, 0.2) is 71.3 Å². The van der Waals surface area contributed by atoms with Crippen LogP contribution in [0.4, 0.5) is 11.4 Å². The smallest absolute Gasteiger partial charge is 0.308 e. The number of hydrogen-bond donors (Lipinski definition) is 0. The summed E-state index contributed by atoms with van der Waals surface area (Å²) in [5, 5.41) is 11.2. The third kappa shape index (κ3) is 4.93. The van der Waals surface area contributed by atoms with Crippen molar-refractivity contribution in [1.29, 1.82) is 0 Å². The first kappa shape index (κ1) is 23.4. The Labute approximate surface area is 198 Å². The van der Waals surface area contributed by atoms with E-state index >= 15 is 0 Å². The van der Waals surface area contributed by atoms with Gasteiger partial charge in [0.2, 0.25) is 5.91 Å². The van der Waals surface area contributed by atoms with Crippen molar-refractivity contribution in [3.05, 3.63) is 88.4 Å². The lowest BCUT2D eigenvalue weighted by molar-refractivity contribution is -0.384. The van der Waals surface area contributed by atoms with Crippen LogP contribution in [-0.4, -0.2) is 39.6 Å². The molecule has 11 nitrogen and oxygen atoms in total. The number of non-ortho nitro benzene ring substituents is 1. The van der Waals surface area contributed by atoms with E-state index in [0.717, 1.165) is 11.0 Å². The maximum atomic E-state index is 13.4. The lowest BCUT2D eigenvalue weighted by atomic mass is 10.1. The van der Waals surface area contributed by atoms with Gasteiger partial charge >= 0.3 is 5.97 Å². The highest BCUT2D eigenvalue weighted by molar-refractivity contribution is 6.23. The average molecular weight is 477 g/mol. The molecule has 3 aromatic rings. The topological polar surface area (TPSA) is 140 Å². The molecule has 0 N–H and O–H groups in total. The fourth-order valence-electron chi connectivity index (χ4n) is 3.77. The van der Waals surface area contributed by atoms with E-state index in [1.807, 2.05) is 0 Å². The Balaban J connectivity index is 1.65. The van der Waals surface area contributed by atoms with Crippen molar-refractivity contribution in [3.8, 4) is 5.75 Å². The number of benzene rings is 2. The lowest BCUT2D eigenvalue weighted by Crippen LogP contribution is -2.45. The highest BCUT2D eigenvalue weighted by Crippen LogP contribution is 2.29. The van der Waals surface area contributed by atoms with Gasteiger partial charge in [-0.1, -0.05) is 6.07 Å². The monoisotopic (exact) mass is 477 g/mol. The number of amides is 3. The van der Waals surface area contributed by atoms with Gasteiger partial charge in [-0.05, 0) is 42.5 Å². The molecule has 1 aromatic heterocycles. The number of nitro benzene ring substituents is 1. The third-order valence-corrected chi connectivity index (χ3v) is 5.33. The Hall–Kier alpha value is -4.80. The van der Waals surface area contributed by atoms with Crippen LogP contribution >= 0.6 is 0 Å². The van der Waals surface area contributed by atoms with Crippen LogP contribution in [-0.2, 0) is 20.9 Å². The van der Waals surface area contributed by atoms with Crippen molar-refractivity contribution >= 4 is 35.1 Å². The van der Waals surface area contributed by atoms with Gasteiger partial charge in [-0.2, -0.15) is 0 Å². The van der Waals surface area contributed by atoms with Gasteiger partial charge in [0, 0.05) is 24.6 Å². The zero-order chi connectivity index (χ0) is 25.1. The van der Waals surface area contributed by atoms with Crippen molar-refractivity contribution in [2.75, 3.05) is 4.90 Å².